The number of fused-ring (bicyclic) bond motifs is 1. The summed E-state index contributed by atoms with van der Waals surface area (Å²) in [6, 6.07) is 12.7. The molecular formula is C24H25N7O2S. The molecule has 34 heavy (non-hydrogen) atoms. The normalized spacial score (nSPS) is 15.8. The minimum Gasteiger partial charge on any atom is -0.328 e. The molecule has 1 aliphatic rings. The first-order chi connectivity index (χ1) is 16.5. The third kappa shape index (κ3) is 4.69. The van der Waals surface area contributed by atoms with Gasteiger partial charge in [0.1, 0.15) is 0 Å². The third-order valence-corrected chi connectivity index (χ3v) is 7.81. The maximum atomic E-state index is 12.9. The monoisotopic (exact) mass is 475 g/mol. The lowest BCUT2D eigenvalue weighted by Crippen LogP contribution is -2.42. The van der Waals surface area contributed by atoms with Gasteiger partial charge in [0, 0.05) is 48.2 Å². The van der Waals surface area contributed by atoms with Gasteiger partial charge in [0.25, 0.3) is 0 Å². The summed E-state index contributed by atoms with van der Waals surface area (Å²) in [4.78, 5) is 8.99. The molecule has 4 aromatic rings. The predicted octanol–water partition coefficient (Wildman–Crippen LogP) is 3.38. The minimum atomic E-state index is -3.51. The van der Waals surface area contributed by atoms with Gasteiger partial charge in [-0.2, -0.15) is 9.40 Å². The number of nitrogens with one attached hydrogen (secondary N) is 2. The van der Waals surface area contributed by atoms with Crippen LogP contribution in [0.2, 0.25) is 0 Å². The van der Waals surface area contributed by atoms with Crippen molar-refractivity contribution in [2.75, 3.05) is 18.4 Å². The van der Waals surface area contributed by atoms with E-state index in [4.69, 9.17) is 5.73 Å². The van der Waals surface area contributed by atoms with Crippen LogP contribution in [0.4, 0.5) is 11.6 Å². The second-order valence-electron chi connectivity index (χ2n) is 8.24. The number of aromatic nitrogens is 4. The van der Waals surface area contributed by atoms with E-state index in [0.717, 1.165) is 22.0 Å². The zero-order valence-corrected chi connectivity index (χ0v) is 19.2. The first-order valence-electron chi connectivity index (χ1n) is 11.0. The van der Waals surface area contributed by atoms with E-state index in [2.05, 4.69) is 25.5 Å². The maximum absolute atomic E-state index is 12.9. The van der Waals surface area contributed by atoms with Crippen LogP contribution in [-0.2, 0) is 10.0 Å². The lowest BCUT2D eigenvalue weighted by molar-refractivity contribution is 0.320. The molecule has 2 aromatic carbocycles. The summed E-state index contributed by atoms with van der Waals surface area (Å²) in [7, 11) is -3.51. The van der Waals surface area contributed by atoms with E-state index in [1.807, 2.05) is 30.4 Å². The molecule has 2 aromatic heterocycles. The molecule has 174 valence electrons. The van der Waals surface area contributed by atoms with Crippen LogP contribution >= 0.6 is 0 Å². The molecule has 3 heterocycles. The molecule has 0 spiro atoms. The van der Waals surface area contributed by atoms with Gasteiger partial charge in [-0.25, -0.2) is 18.4 Å². The Morgan fingerprint density at radius 3 is 2.47 bits per heavy atom. The number of piperidine rings is 1. The zero-order chi connectivity index (χ0) is 23.5. The summed E-state index contributed by atoms with van der Waals surface area (Å²) in [5.74, 6) is 0.426. The molecule has 9 nitrogen and oxygen atoms in total. The molecule has 0 bridgehead atoms. The summed E-state index contributed by atoms with van der Waals surface area (Å²) in [6.07, 6.45) is 10.6. The van der Waals surface area contributed by atoms with Crippen LogP contribution in [0, 0.1) is 0 Å². The maximum Gasteiger partial charge on any atom is 0.243 e. The highest BCUT2D eigenvalue weighted by molar-refractivity contribution is 7.89. The number of H-pyrrole nitrogens is 1. The first kappa shape index (κ1) is 22.2. The van der Waals surface area contributed by atoms with Crippen molar-refractivity contribution in [3.63, 3.8) is 0 Å². The number of sulfonamides is 1. The van der Waals surface area contributed by atoms with Crippen LogP contribution in [0.15, 0.2) is 66.0 Å². The first-order valence-corrected chi connectivity index (χ1v) is 12.5. The molecule has 0 radical (unpaired) electrons. The van der Waals surface area contributed by atoms with Crippen LogP contribution in [0.3, 0.4) is 0 Å². The SMILES string of the molecule is NC1CCN(S(=O)(=O)c2ccc(Nc3ncc(/C=C/c4cccc5[nH]ncc45)cn3)cc2)CC1. The Balaban J connectivity index is 1.24. The molecule has 4 N–H and O–H groups in total. The van der Waals surface area contributed by atoms with Gasteiger partial charge < -0.3 is 11.1 Å². The standard InChI is InChI=1S/C24H25N7O2S/c25-19-10-12-31(13-11-19)34(32,33)21-8-6-20(7-9-21)29-24-26-14-17(15-27-24)4-5-18-2-1-3-23-22(18)16-28-30-23/h1-9,14-16,19H,10-13,25H2,(H,28,30)(H,26,27,29)/b5-4+. The van der Waals surface area contributed by atoms with Crippen molar-refractivity contribution in [2.45, 2.75) is 23.8 Å². The molecule has 0 unspecified atom stereocenters. The molecule has 1 aliphatic heterocycles. The van der Waals surface area contributed by atoms with Gasteiger partial charge in [-0.1, -0.05) is 24.3 Å². The van der Waals surface area contributed by atoms with Gasteiger partial charge in [-0.05, 0) is 48.7 Å². The number of nitrogens with zero attached hydrogens (tertiary/aromatic N) is 4. The van der Waals surface area contributed by atoms with Crippen molar-refractivity contribution >= 4 is 44.7 Å². The number of aromatic amines is 1. The van der Waals surface area contributed by atoms with Gasteiger partial charge in [-0.15, -0.1) is 0 Å². The second kappa shape index (κ2) is 9.34. The van der Waals surface area contributed by atoms with Crippen molar-refractivity contribution in [3.05, 3.63) is 72.2 Å². The Kier molecular flexibility index (Phi) is 6.10. The number of anilines is 2. The van der Waals surface area contributed by atoms with Crippen LogP contribution < -0.4 is 11.1 Å². The lowest BCUT2D eigenvalue weighted by Gasteiger charge is -2.29. The second-order valence-corrected chi connectivity index (χ2v) is 10.2. The Labute approximate surface area is 197 Å². The molecule has 5 rings (SSSR count). The van der Waals surface area contributed by atoms with Crippen molar-refractivity contribution in [1.82, 2.24) is 24.5 Å². The van der Waals surface area contributed by atoms with E-state index in [1.165, 1.54) is 4.31 Å². The quantitative estimate of drug-likeness (QED) is 0.390. The third-order valence-electron chi connectivity index (χ3n) is 5.89. The molecule has 10 heteroatoms. The van der Waals surface area contributed by atoms with E-state index in [1.54, 1.807) is 42.9 Å². The van der Waals surface area contributed by atoms with E-state index in [9.17, 15) is 8.42 Å². The van der Waals surface area contributed by atoms with E-state index >= 15 is 0 Å². The van der Waals surface area contributed by atoms with Gasteiger partial charge >= 0.3 is 0 Å². The Morgan fingerprint density at radius 2 is 1.74 bits per heavy atom. The molecule has 1 fully saturated rings. The molecule has 1 saturated heterocycles. The molecule has 0 saturated carbocycles. The summed E-state index contributed by atoms with van der Waals surface area (Å²) in [6.45, 7) is 0.907. The van der Waals surface area contributed by atoms with Crippen molar-refractivity contribution in [1.29, 1.82) is 0 Å². The average Bonchev–Trinajstić information content (AvgIpc) is 3.34. The fraction of sp³-hybridized carbons (Fsp3) is 0.208. The minimum absolute atomic E-state index is 0.0747. The van der Waals surface area contributed by atoms with Crippen LogP contribution in [-0.4, -0.2) is 52.0 Å². The van der Waals surface area contributed by atoms with Crippen molar-refractivity contribution in [2.24, 2.45) is 5.73 Å². The predicted molar refractivity (Wildman–Crippen MR) is 133 cm³/mol. The van der Waals surface area contributed by atoms with Crippen molar-refractivity contribution < 1.29 is 8.42 Å². The highest BCUT2D eigenvalue weighted by Crippen LogP contribution is 2.23. The van der Waals surface area contributed by atoms with Gasteiger partial charge in [0.2, 0.25) is 16.0 Å². The van der Waals surface area contributed by atoms with Crippen LogP contribution in [0.25, 0.3) is 23.1 Å². The summed E-state index contributed by atoms with van der Waals surface area (Å²) < 4.78 is 27.2. The number of nitrogens with two attached hydrogens (primary N) is 1. The average molecular weight is 476 g/mol. The summed E-state index contributed by atoms with van der Waals surface area (Å²) in [5, 5.41) is 11.2. The zero-order valence-electron chi connectivity index (χ0n) is 18.4. The summed E-state index contributed by atoms with van der Waals surface area (Å²) in [5.41, 5.74) is 9.49. The number of hydrogen-bond acceptors (Lipinski definition) is 7. The molecule has 0 atom stereocenters. The van der Waals surface area contributed by atoms with Crippen molar-refractivity contribution in [3.8, 4) is 0 Å². The smallest absolute Gasteiger partial charge is 0.243 e. The highest BCUT2D eigenvalue weighted by Gasteiger charge is 2.28. The van der Waals surface area contributed by atoms with E-state index < -0.39 is 10.0 Å². The Bertz CT molecular complexity index is 1410. The topological polar surface area (TPSA) is 130 Å². The van der Waals surface area contributed by atoms with Crippen LogP contribution in [0.5, 0.6) is 0 Å². The Hall–Kier alpha value is -3.60. The molecule has 0 amide bonds. The largest absolute Gasteiger partial charge is 0.328 e. The summed E-state index contributed by atoms with van der Waals surface area (Å²) >= 11 is 0. The van der Waals surface area contributed by atoms with Gasteiger partial charge in [0.15, 0.2) is 0 Å². The fourth-order valence-electron chi connectivity index (χ4n) is 3.92. The lowest BCUT2D eigenvalue weighted by atomic mass is 10.1. The van der Waals surface area contributed by atoms with Gasteiger partial charge in [-0.3, -0.25) is 5.10 Å². The van der Waals surface area contributed by atoms with E-state index in [-0.39, 0.29) is 10.9 Å². The highest BCUT2D eigenvalue weighted by atomic mass is 32.2. The van der Waals surface area contributed by atoms with E-state index in [0.29, 0.717) is 37.6 Å². The molecule has 0 aliphatic carbocycles. The Morgan fingerprint density at radius 1 is 1.00 bits per heavy atom. The fourth-order valence-corrected chi connectivity index (χ4v) is 5.39. The number of rotatable bonds is 6. The van der Waals surface area contributed by atoms with Gasteiger partial charge in [0.05, 0.1) is 16.6 Å². The number of hydrogen-bond donors (Lipinski definition) is 3. The molecular weight excluding hydrogens is 450 g/mol. The van der Waals surface area contributed by atoms with Crippen LogP contribution in [0.1, 0.15) is 24.0 Å². The number of benzene rings is 2.